The van der Waals surface area contributed by atoms with Crippen LogP contribution in [0.5, 0.6) is 0 Å². The second-order valence-electron chi connectivity index (χ2n) is 6.99. The van der Waals surface area contributed by atoms with E-state index in [2.05, 4.69) is 4.98 Å². The number of aromatic nitrogens is 2. The van der Waals surface area contributed by atoms with Crippen LogP contribution in [0.4, 0.5) is 8.78 Å². The Morgan fingerprint density at radius 2 is 1.84 bits per heavy atom. The van der Waals surface area contributed by atoms with Crippen LogP contribution in [0.2, 0.25) is 0 Å². The first kappa shape index (κ1) is 16.2. The van der Waals surface area contributed by atoms with E-state index in [9.17, 15) is 18.4 Å². The molecule has 25 heavy (non-hydrogen) atoms. The van der Waals surface area contributed by atoms with Crippen molar-refractivity contribution in [2.75, 3.05) is 13.1 Å². The molecule has 1 aliphatic carbocycles. The number of carbonyl (C=O) groups excluding carboxylic acids is 1. The van der Waals surface area contributed by atoms with Crippen LogP contribution in [0.1, 0.15) is 31.7 Å². The molecule has 2 aromatic rings. The number of rotatable bonds is 2. The molecule has 2 heterocycles. The number of likely N-dealkylation sites (tertiary alicyclic amines) is 1. The number of benzene rings is 1. The summed E-state index contributed by atoms with van der Waals surface area (Å²) in [5, 5.41) is 0.584. The Kier molecular flexibility index (Phi) is 3.81. The highest BCUT2D eigenvalue weighted by Crippen LogP contribution is 2.43. The Labute approximate surface area is 143 Å². The number of halogens is 2. The van der Waals surface area contributed by atoms with Crippen molar-refractivity contribution in [3.63, 3.8) is 0 Å². The monoisotopic (exact) mass is 347 g/mol. The van der Waals surface area contributed by atoms with Gasteiger partial charge in [-0.1, -0.05) is 12.1 Å². The normalized spacial score (nSPS) is 21.3. The van der Waals surface area contributed by atoms with Crippen molar-refractivity contribution in [2.24, 2.45) is 5.92 Å². The van der Waals surface area contributed by atoms with Gasteiger partial charge in [0.15, 0.2) is 0 Å². The van der Waals surface area contributed by atoms with Gasteiger partial charge in [-0.25, -0.2) is 13.8 Å². The van der Waals surface area contributed by atoms with Crippen LogP contribution in [0.15, 0.2) is 35.4 Å². The average molecular weight is 347 g/mol. The molecule has 132 valence electrons. The molecule has 1 saturated heterocycles. The molecule has 0 bridgehead atoms. The molecule has 5 nitrogen and oxygen atoms in total. The second-order valence-corrected chi connectivity index (χ2v) is 6.99. The maximum atomic E-state index is 13.0. The van der Waals surface area contributed by atoms with Crippen molar-refractivity contribution >= 4 is 16.8 Å². The lowest BCUT2D eigenvalue weighted by Gasteiger charge is -2.40. The molecule has 0 N–H and O–H groups in total. The van der Waals surface area contributed by atoms with Crippen molar-refractivity contribution in [3.05, 3.63) is 40.9 Å². The molecule has 0 radical (unpaired) electrons. The molecule has 0 unspecified atom stereocenters. The van der Waals surface area contributed by atoms with Gasteiger partial charge in [0, 0.05) is 37.9 Å². The summed E-state index contributed by atoms with van der Waals surface area (Å²) in [6.07, 6.45) is 2.17. The minimum absolute atomic E-state index is 0.0171. The standard InChI is InChI=1S/C18H19F2N3O2/c19-18(20)9-12(10-18)16(24)22-7-5-13(6-8-22)23-11-21-15-4-2-1-3-14(15)17(23)25/h1-4,11-13H,5-10H2. The summed E-state index contributed by atoms with van der Waals surface area (Å²) in [5.74, 6) is -3.40. The van der Waals surface area contributed by atoms with E-state index < -0.39 is 11.8 Å². The van der Waals surface area contributed by atoms with Gasteiger partial charge in [-0.2, -0.15) is 0 Å². The van der Waals surface area contributed by atoms with E-state index in [1.54, 1.807) is 27.9 Å². The van der Waals surface area contributed by atoms with Crippen LogP contribution in [0.3, 0.4) is 0 Å². The number of piperidine rings is 1. The molecule has 2 aliphatic rings. The van der Waals surface area contributed by atoms with E-state index in [-0.39, 0.29) is 30.3 Å². The Bertz CT molecular complexity index is 864. The second kappa shape index (κ2) is 5.89. The van der Waals surface area contributed by atoms with Crippen molar-refractivity contribution in [2.45, 2.75) is 37.6 Å². The largest absolute Gasteiger partial charge is 0.342 e. The number of carbonyl (C=O) groups is 1. The van der Waals surface area contributed by atoms with E-state index in [1.807, 2.05) is 12.1 Å². The lowest BCUT2D eigenvalue weighted by molar-refractivity contribution is -0.160. The highest BCUT2D eigenvalue weighted by molar-refractivity contribution is 5.80. The summed E-state index contributed by atoms with van der Waals surface area (Å²) in [7, 11) is 0. The predicted octanol–water partition coefficient (Wildman–Crippen LogP) is 2.61. The van der Waals surface area contributed by atoms with Gasteiger partial charge in [-0.3, -0.25) is 14.2 Å². The van der Waals surface area contributed by atoms with Crippen molar-refractivity contribution in [1.82, 2.24) is 14.5 Å². The van der Waals surface area contributed by atoms with Gasteiger partial charge in [0.2, 0.25) is 11.8 Å². The lowest BCUT2D eigenvalue weighted by Crippen LogP contribution is -2.49. The average Bonchev–Trinajstić information content (AvgIpc) is 2.60. The molecule has 2 fully saturated rings. The summed E-state index contributed by atoms with van der Waals surface area (Å²) < 4.78 is 27.6. The van der Waals surface area contributed by atoms with Crippen LogP contribution in [0, 0.1) is 5.92 Å². The van der Waals surface area contributed by atoms with Gasteiger partial charge in [-0.15, -0.1) is 0 Å². The highest BCUT2D eigenvalue weighted by Gasteiger charge is 2.50. The predicted molar refractivity (Wildman–Crippen MR) is 88.5 cm³/mol. The Morgan fingerprint density at radius 3 is 2.52 bits per heavy atom. The zero-order chi connectivity index (χ0) is 17.6. The quantitative estimate of drug-likeness (QED) is 0.839. The van der Waals surface area contributed by atoms with Gasteiger partial charge in [0.1, 0.15) is 0 Å². The summed E-state index contributed by atoms with van der Waals surface area (Å²) in [6.45, 7) is 0.982. The molecule has 1 aromatic heterocycles. The third kappa shape index (κ3) is 2.92. The van der Waals surface area contributed by atoms with Crippen LogP contribution >= 0.6 is 0 Å². The third-order valence-electron chi connectivity index (χ3n) is 5.30. The number of para-hydroxylation sites is 1. The Balaban J connectivity index is 1.45. The van der Waals surface area contributed by atoms with E-state index >= 15 is 0 Å². The fourth-order valence-electron chi connectivity index (χ4n) is 3.80. The van der Waals surface area contributed by atoms with Crippen LogP contribution in [-0.2, 0) is 4.79 Å². The van der Waals surface area contributed by atoms with Crippen molar-refractivity contribution < 1.29 is 13.6 Å². The molecule has 1 aliphatic heterocycles. The van der Waals surface area contributed by atoms with Crippen LogP contribution in [0.25, 0.3) is 10.9 Å². The number of amides is 1. The van der Waals surface area contributed by atoms with Gasteiger partial charge in [0.05, 0.1) is 17.2 Å². The topological polar surface area (TPSA) is 55.2 Å². The first-order chi connectivity index (χ1) is 11.9. The fraction of sp³-hybridized carbons (Fsp3) is 0.500. The summed E-state index contributed by atoms with van der Waals surface area (Å²) in [4.78, 5) is 30.9. The molecule has 4 rings (SSSR count). The van der Waals surface area contributed by atoms with Crippen LogP contribution in [-0.4, -0.2) is 39.4 Å². The van der Waals surface area contributed by atoms with Gasteiger partial charge < -0.3 is 4.90 Å². The summed E-state index contributed by atoms with van der Waals surface area (Å²) in [6, 6.07) is 7.20. The molecular formula is C18H19F2N3O2. The van der Waals surface area contributed by atoms with E-state index in [4.69, 9.17) is 0 Å². The minimum atomic E-state index is -2.68. The zero-order valence-corrected chi connectivity index (χ0v) is 13.7. The molecule has 1 saturated carbocycles. The Hall–Kier alpha value is -2.31. The number of hydrogen-bond donors (Lipinski definition) is 0. The molecule has 7 heteroatoms. The van der Waals surface area contributed by atoms with Crippen molar-refractivity contribution in [3.8, 4) is 0 Å². The van der Waals surface area contributed by atoms with E-state index in [1.165, 1.54) is 0 Å². The minimum Gasteiger partial charge on any atom is -0.342 e. The maximum absolute atomic E-state index is 13.0. The first-order valence-electron chi connectivity index (χ1n) is 8.57. The molecule has 1 amide bonds. The molecule has 0 atom stereocenters. The van der Waals surface area contributed by atoms with Crippen LogP contribution < -0.4 is 5.56 Å². The molecule has 0 spiro atoms. The lowest BCUT2D eigenvalue weighted by atomic mass is 9.80. The van der Waals surface area contributed by atoms with Gasteiger partial charge in [-0.05, 0) is 25.0 Å². The molecular weight excluding hydrogens is 328 g/mol. The first-order valence-corrected chi connectivity index (χ1v) is 8.57. The fourth-order valence-corrected chi connectivity index (χ4v) is 3.80. The number of nitrogens with zero attached hydrogens (tertiary/aromatic N) is 3. The van der Waals surface area contributed by atoms with Crippen molar-refractivity contribution in [1.29, 1.82) is 0 Å². The SMILES string of the molecule is O=C(C1CC(F)(F)C1)N1CCC(n2cnc3ccccc3c2=O)CC1. The van der Waals surface area contributed by atoms with E-state index in [0.29, 0.717) is 36.8 Å². The zero-order valence-electron chi connectivity index (χ0n) is 13.7. The molecule has 1 aromatic carbocycles. The van der Waals surface area contributed by atoms with E-state index in [0.717, 1.165) is 0 Å². The van der Waals surface area contributed by atoms with Gasteiger partial charge >= 0.3 is 0 Å². The summed E-state index contributed by atoms with van der Waals surface area (Å²) in [5.41, 5.74) is 0.594. The highest BCUT2D eigenvalue weighted by atomic mass is 19.3. The summed E-state index contributed by atoms with van der Waals surface area (Å²) >= 11 is 0. The maximum Gasteiger partial charge on any atom is 0.261 e. The van der Waals surface area contributed by atoms with Gasteiger partial charge in [0.25, 0.3) is 5.56 Å². The Morgan fingerprint density at radius 1 is 1.16 bits per heavy atom. The smallest absolute Gasteiger partial charge is 0.261 e. The number of alkyl halides is 2. The number of hydrogen-bond acceptors (Lipinski definition) is 3. The number of fused-ring (bicyclic) bond motifs is 1. The third-order valence-corrected chi connectivity index (χ3v) is 5.30.